The molecular weight excluding hydrogens is 262 g/mol. The minimum absolute atomic E-state index is 0.586. The molecule has 0 atom stereocenters. The molecule has 1 fully saturated rings. The van der Waals surface area contributed by atoms with E-state index < -0.39 is 0 Å². The smallest absolute Gasteiger partial charge is 0.145 e. The SMILES string of the molecule is CCCc1nc(NN)cc(N(C)C2CCC(CC)CC2)n1. The van der Waals surface area contributed by atoms with Crippen molar-refractivity contribution in [3.05, 3.63) is 11.9 Å². The summed E-state index contributed by atoms with van der Waals surface area (Å²) in [5.74, 6) is 9.02. The van der Waals surface area contributed by atoms with Gasteiger partial charge in [-0.15, -0.1) is 0 Å². The highest BCUT2D eigenvalue weighted by Gasteiger charge is 2.24. The largest absolute Gasteiger partial charge is 0.357 e. The first-order valence-corrected chi connectivity index (χ1v) is 8.25. The lowest BCUT2D eigenvalue weighted by Crippen LogP contribution is -2.36. The van der Waals surface area contributed by atoms with Crippen molar-refractivity contribution in [2.45, 2.75) is 64.8 Å². The number of nitrogens with two attached hydrogens (primary N) is 1. The molecule has 1 aliphatic rings. The molecule has 1 aromatic rings. The van der Waals surface area contributed by atoms with Crippen LogP contribution < -0.4 is 16.2 Å². The number of rotatable bonds is 6. The third-order valence-electron chi connectivity index (χ3n) is 4.68. The van der Waals surface area contributed by atoms with Gasteiger partial charge in [0.05, 0.1) is 0 Å². The zero-order valence-corrected chi connectivity index (χ0v) is 13.6. The number of hydrogen-bond acceptors (Lipinski definition) is 5. The first-order valence-electron chi connectivity index (χ1n) is 8.25. The Bertz CT molecular complexity index is 440. The number of aromatic nitrogens is 2. The maximum atomic E-state index is 5.54. The predicted molar refractivity (Wildman–Crippen MR) is 88.3 cm³/mol. The van der Waals surface area contributed by atoms with Crippen molar-refractivity contribution in [2.24, 2.45) is 11.8 Å². The Morgan fingerprint density at radius 3 is 2.52 bits per heavy atom. The van der Waals surface area contributed by atoms with E-state index in [1.165, 1.54) is 32.1 Å². The number of anilines is 2. The molecule has 3 N–H and O–H groups in total. The zero-order valence-electron chi connectivity index (χ0n) is 13.6. The summed E-state index contributed by atoms with van der Waals surface area (Å²) in [6, 6.07) is 2.54. The molecule has 0 unspecified atom stereocenters. The number of aryl methyl sites for hydroxylation is 1. The zero-order chi connectivity index (χ0) is 15.2. The quantitative estimate of drug-likeness (QED) is 0.622. The van der Waals surface area contributed by atoms with Crippen LogP contribution in [0.2, 0.25) is 0 Å². The van der Waals surface area contributed by atoms with Crippen molar-refractivity contribution in [1.82, 2.24) is 9.97 Å². The summed E-state index contributed by atoms with van der Waals surface area (Å²) >= 11 is 0. The van der Waals surface area contributed by atoms with Gasteiger partial charge >= 0.3 is 0 Å². The molecule has 0 aliphatic heterocycles. The van der Waals surface area contributed by atoms with Crippen LogP contribution in [0.25, 0.3) is 0 Å². The summed E-state index contributed by atoms with van der Waals surface area (Å²) in [5.41, 5.74) is 2.66. The van der Waals surface area contributed by atoms with Crippen LogP contribution in [0, 0.1) is 5.92 Å². The maximum absolute atomic E-state index is 5.54. The van der Waals surface area contributed by atoms with E-state index in [0.717, 1.165) is 30.4 Å². The van der Waals surface area contributed by atoms with Gasteiger partial charge in [-0.1, -0.05) is 20.3 Å². The molecule has 1 aliphatic carbocycles. The van der Waals surface area contributed by atoms with Gasteiger partial charge in [-0.25, -0.2) is 15.8 Å². The van der Waals surface area contributed by atoms with Gasteiger partial charge < -0.3 is 10.3 Å². The minimum Gasteiger partial charge on any atom is -0.357 e. The molecule has 1 heterocycles. The van der Waals surface area contributed by atoms with E-state index in [2.05, 4.69) is 36.2 Å². The molecule has 1 saturated carbocycles. The Balaban J connectivity index is 2.10. The Kier molecular flexibility index (Phi) is 5.79. The average molecular weight is 291 g/mol. The van der Waals surface area contributed by atoms with Crippen LogP contribution in [0.1, 0.15) is 58.2 Å². The normalized spacial score (nSPS) is 22.1. The van der Waals surface area contributed by atoms with Gasteiger partial charge in [0.25, 0.3) is 0 Å². The maximum Gasteiger partial charge on any atom is 0.145 e. The highest BCUT2D eigenvalue weighted by atomic mass is 15.3. The molecule has 0 amide bonds. The molecular formula is C16H29N5. The molecule has 0 saturated heterocycles. The topological polar surface area (TPSA) is 67.1 Å². The first-order chi connectivity index (χ1) is 10.2. The number of nitrogen functional groups attached to an aromatic ring is 1. The fourth-order valence-corrected chi connectivity index (χ4v) is 3.20. The molecule has 5 heteroatoms. The third kappa shape index (κ3) is 4.06. The Morgan fingerprint density at radius 2 is 1.95 bits per heavy atom. The van der Waals surface area contributed by atoms with E-state index in [9.17, 15) is 0 Å². The fourth-order valence-electron chi connectivity index (χ4n) is 3.20. The fraction of sp³-hybridized carbons (Fsp3) is 0.750. The predicted octanol–water partition coefficient (Wildman–Crippen LogP) is 3.12. The lowest BCUT2D eigenvalue weighted by atomic mass is 9.84. The van der Waals surface area contributed by atoms with Crippen molar-refractivity contribution in [2.75, 3.05) is 17.4 Å². The number of hydrogen-bond donors (Lipinski definition) is 2. The van der Waals surface area contributed by atoms with E-state index in [4.69, 9.17) is 10.8 Å². The van der Waals surface area contributed by atoms with Gasteiger partial charge in [0.15, 0.2) is 0 Å². The molecule has 118 valence electrons. The van der Waals surface area contributed by atoms with Crippen LogP contribution in [0.5, 0.6) is 0 Å². The number of nitrogens with zero attached hydrogens (tertiary/aromatic N) is 3. The van der Waals surface area contributed by atoms with Crippen LogP contribution in [-0.4, -0.2) is 23.1 Å². The summed E-state index contributed by atoms with van der Waals surface area (Å²) in [5, 5.41) is 0. The second kappa shape index (κ2) is 7.59. The van der Waals surface area contributed by atoms with Crippen molar-refractivity contribution in [1.29, 1.82) is 0 Å². The molecule has 5 nitrogen and oxygen atoms in total. The summed E-state index contributed by atoms with van der Waals surface area (Å²) in [6.45, 7) is 4.44. The Labute approximate surface area is 128 Å². The van der Waals surface area contributed by atoms with Gasteiger partial charge in [0, 0.05) is 25.6 Å². The van der Waals surface area contributed by atoms with Crippen LogP contribution in [0.3, 0.4) is 0 Å². The summed E-state index contributed by atoms with van der Waals surface area (Å²) < 4.78 is 0. The third-order valence-corrected chi connectivity index (χ3v) is 4.68. The van der Waals surface area contributed by atoms with Crippen molar-refractivity contribution in [3.8, 4) is 0 Å². The van der Waals surface area contributed by atoms with Gasteiger partial charge in [0.1, 0.15) is 17.5 Å². The number of nitrogens with one attached hydrogen (secondary N) is 1. The monoisotopic (exact) mass is 291 g/mol. The van der Waals surface area contributed by atoms with Crippen LogP contribution in [-0.2, 0) is 6.42 Å². The lowest BCUT2D eigenvalue weighted by molar-refractivity contribution is 0.313. The van der Waals surface area contributed by atoms with E-state index >= 15 is 0 Å². The average Bonchev–Trinajstić information content (AvgIpc) is 2.54. The van der Waals surface area contributed by atoms with Crippen molar-refractivity contribution in [3.63, 3.8) is 0 Å². The Morgan fingerprint density at radius 1 is 1.24 bits per heavy atom. The Hall–Kier alpha value is -1.36. The summed E-state index contributed by atoms with van der Waals surface area (Å²) in [4.78, 5) is 11.4. The van der Waals surface area contributed by atoms with Crippen molar-refractivity contribution >= 4 is 11.6 Å². The summed E-state index contributed by atoms with van der Waals surface area (Å²) in [6.07, 6.45) is 8.42. The molecule has 21 heavy (non-hydrogen) atoms. The second-order valence-electron chi connectivity index (χ2n) is 6.12. The van der Waals surface area contributed by atoms with Gasteiger partial charge in [-0.2, -0.15) is 0 Å². The van der Waals surface area contributed by atoms with E-state index in [1.54, 1.807) is 0 Å². The van der Waals surface area contributed by atoms with Crippen LogP contribution in [0.4, 0.5) is 11.6 Å². The molecule has 0 aromatic carbocycles. The molecule has 0 spiro atoms. The minimum atomic E-state index is 0.586. The molecule has 0 bridgehead atoms. The molecule has 0 radical (unpaired) electrons. The molecule has 2 rings (SSSR count). The van der Waals surface area contributed by atoms with E-state index in [-0.39, 0.29) is 0 Å². The van der Waals surface area contributed by atoms with Gasteiger partial charge in [-0.05, 0) is 38.0 Å². The van der Waals surface area contributed by atoms with Crippen LogP contribution in [0.15, 0.2) is 6.07 Å². The van der Waals surface area contributed by atoms with Gasteiger partial charge in [-0.3, -0.25) is 0 Å². The highest BCUT2D eigenvalue weighted by Crippen LogP contribution is 2.31. The van der Waals surface area contributed by atoms with E-state index in [1.807, 2.05) is 6.07 Å². The second-order valence-corrected chi connectivity index (χ2v) is 6.12. The van der Waals surface area contributed by atoms with Gasteiger partial charge in [0.2, 0.25) is 0 Å². The number of hydrazine groups is 1. The van der Waals surface area contributed by atoms with E-state index in [0.29, 0.717) is 11.9 Å². The van der Waals surface area contributed by atoms with Crippen LogP contribution >= 0.6 is 0 Å². The first kappa shape index (κ1) is 16.0. The van der Waals surface area contributed by atoms with Crippen molar-refractivity contribution < 1.29 is 0 Å². The standard InChI is InChI=1S/C16H29N5/c1-4-6-14-18-15(20-17)11-16(19-14)21(3)13-9-7-12(5-2)8-10-13/h11-13H,4-10,17H2,1-3H3,(H,18,19,20). The molecule has 1 aromatic heterocycles. The summed E-state index contributed by atoms with van der Waals surface area (Å²) in [7, 11) is 2.15. The highest BCUT2D eigenvalue weighted by molar-refractivity contribution is 5.49. The lowest BCUT2D eigenvalue weighted by Gasteiger charge is -2.35.